The highest BCUT2D eigenvalue weighted by Gasteiger charge is 2.14. The summed E-state index contributed by atoms with van der Waals surface area (Å²) in [6, 6.07) is 13.9. The summed E-state index contributed by atoms with van der Waals surface area (Å²) < 4.78 is 10.9. The van der Waals surface area contributed by atoms with Crippen molar-refractivity contribution in [3.63, 3.8) is 0 Å². The Labute approximate surface area is 159 Å². The predicted octanol–water partition coefficient (Wildman–Crippen LogP) is 3.49. The van der Waals surface area contributed by atoms with Crippen molar-refractivity contribution in [2.45, 2.75) is 26.8 Å². The summed E-state index contributed by atoms with van der Waals surface area (Å²) in [5.41, 5.74) is 1.45. The molecule has 0 saturated carbocycles. The van der Waals surface area contributed by atoms with Gasteiger partial charge in [-0.05, 0) is 51.1 Å². The number of ether oxygens (including phenoxy) is 2. The van der Waals surface area contributed by atoms with Gasteiger partial charge in [0.15, 0.2) is 0 Å². The Hall–Kier alpha value is -2.86. The summed E-state index contributed by atoms with van der Waals surface area (Å²) in [6.07, 6.45) is 0. The lowest BCUT2D eigenvalue weighted by atomic mass is 10.1. The Morgan fingerprint density at radius 3 is 2.52 bits per heavy atom. The van der Waals surface area contributed by atoms with Crippen LogP contribution in [0.2, 0.25) is 0 Å². The van der Waals surface area contributed by atoms with Gasteiger partial charge in [0.1, 0.15) is 12.4 Å². The van der Waals surface area contributed by atoms with Crippen molar-refractivity contribution in [2.24, 2.45) is 0 Å². The molecular formula is C21H26N2O4. The second-order valence-electron chi connectivity index (χ2n) is 6.20. The maximum absolute atomic E-state index is 12.7. The number of anilines is 1. The van der Waals surface area contributed by atoms with E-state index in [1.54, 1.807) is 42.5 Å². The maximum atomic E-state index is 12.7. The van der Waals surface area contributed by atoms with Crippen LogP contribution in [-0.4, -0.2) is 37.7 Å². The van der Waals surface area contributed by atoms with E-state index in [2.05, 4.69) is 10.6 Å². The van der Waals surface area contributed by atoms with Crippen LogP contribution < -0.4 is 15.4 Å². The van der Waals surface area contributed by atoms with Gasteiger partial charge >= 0.3 is 0 Å². The van der Waals surface area contributed by atoms with Crippen LogP contribution in [0.4, 0.5) is 5.69 Å². The van der Waals surface area contributed by atoms with Crippen LogP contribution >= 0.6 is 0 Å². The molecule has 27 heavy (non-hydrogen) atoms. The molecule has 6 heteroatoms. The van der Waals surface area contributed by atoms with Gasteiger partial charge in [-0.25, -0.2) is 0 Å². The number of hydrogen-bond acceptors (Lipinski definition) is 4. The molecule has 0 aliphatic heterocycles. The number of carbonyl (C=O) groups excluding carboxylic acids is 2. The third-order valence-electron chi connectivity index (χ3n) is 3.62. The lowest BCUT2D eigenvalue weighted by Gasteiger charge is -2.13. The minimum atomic E-state index is -0.302. The Morgan fingerprint density at radius 2 is 1.78 bits per heavy atom. The number of amides is 2. The molecule has 0 bridgehead atoms. The van der Waals surface area contributed by atoms with Crippen LogP contribution in [0, 0.1) is 0 Å². The molecule has 0 saturated heterocycles. The van der Waals surface area contributed by atoms with Crippen molar-refractivity contribution < 1.29 is 19.1 Å². The van der Waals surface area contributed by atoms with Crippen molar-refractivity contribution >= 4 is 17.5 Å². The molecule has 6 nitrogen and oxygen atoms in total. The Morgan fingerprint density at radius 1 is 1.00 bits per heavy atom. The standard InChI is InChI=1S/C21H26N2O4/c1-4-26-12-13-27-19-11-6-5-10-18(19)21(25)23-17-9-7-8-16(14-17)20(24)22-15(2)3/h5-11,14-15H,4,12-13H2,1-3H3,(H,22,24)(H,23,25). The molecule has 0 radical (unpaired) electrons. The number of para-hydroxylation sites is 1. The zero-order chi connectivity index (χ0) is 19.6. The molecule has 2 aromatic rings. The van der Waals surface area contributed by atoms with Gasteiger partial charge in [0.05, 0.1) is 12.2 Å². The summed E-state index contributed by atoms with van der Waals surface area (Å²) in [5.74, 6) is 0.00703. The van der Waals surface area contributed by atoms with Gasteiger partial charge in [0.25, 0.3) is 11.8 Å². The van der Waals surface area contributed by atoms with Gasteiger partial charge in [-0.2, -0.15) is 0 Å². The summed E-state index contributed by atoms with van der Waals surface area (Å²) in [7, 11) is 0. The number of nitrogens with one attached hydrogen (secondary N) is 2. The van der Waals surface area contributed by atoms with Crippen LogP contribution in [0.25, 0.3) is 0 Å². The molecule has 2 amide bonds. The average Bonchev–Trinajstić information content (AvgIpc) is 2.65. The summed E-state index contributed by atoms with van der Waals surface area (Å²) in [6.45, 7) is 7.14. The van der Waals surface area contributed by atoms with Crippen molar-refractivity contribution in [2.75, 3.05) is 25.1 Å². The molecule has 0 aromatic heterocycles. The third-order valence-corrected chi connectivity index (χ3v) is 3.62. The molecular weight excluding hydrogens is 344 g/mol. The highest BCUT2D eigenvalue weighted by Crippen LogP contribution is 2.20. The number of rotatable bonds is 9. The topological polar surface area (TPSA) is 76.7 Å². The summed E-state index contributed by atoms with van der Waals surface area (Å²) >= 11 is 0. The van der Waals surface area contributed by atoms with E-state index in [1.807, 2.05) is 26.8 Å². The number of hydrogen-bond donors (Lipinski definition) is 2. The zero-order valence-electron chi connectivity index (χ0n) is 16.0. The molecule has 0 heterocycles. The number of carbonyl (C=O) groups is 2. The van der Waals surface area contributed by atoms with E-state index in [0.717, 1.165) is 0 Å². The SMILES string of the molecule is CCOCCOc1ccccc1C(=O)Nc1cccc(C(=O)NC(C)C)c1. The quantitative estimate of drug-likeness (QED) is 0.663. The van der Waals surface area contributed by atoms with Gasteiger partial charge in [-0.1, -0.05) is 18.2 Å². The Kier molecular flexibility index (Phi) is 7.82. The maximum Gasteiger partial charge on any atom is 0.259 e. The predicted molar refractivity (Wildman–Crippen MR) is 105 cm³/mol. The van der Waals surface area contributed by atoms with Crippen molar-refractivity contribution in [1.29, 1.82) is 0 Å². The van der Waals surface area contributed by atoms with Gasteiger partial charge in [-0.3, -0.25) is 9.59 Å². The van der Waals surface area contributed by atoms with E-state index in [-0.39, 0.29) is 17.9 Å². The fraction of sp³-hybridized carbons (Fsp3) is 0.333. The van der Waals surface area contributed by atoms with E-state index < -0.39 is 0 Å². The van der Waals surface area contributed by atoms with E-state index in [9.17, 15) is 9.59 Å². The number of benzene rings is 2. The van der Waals surface area contributed by atoms with Crippen LogP contribution in [-0.2, 0) is 4.74 Å². The molecule has 0 aliphatic carbocycles. The van der Waals surface area contributed by atoms with Gasteiger partial charge in [-0.15, -0.1) is 0 Å². The molecule has 0 atom stereocenters. The molecule has 0 aliphatic rings. The third kappa shape index (κ3) is 6.42. The Balaban J connectivity index is 2.08. The van der Waals surface area contributed by atoms with Crippen LogP contribution in [0.15, 0.2) is 48.5 Å². The highest BCUT2D eigenvalue weighted by molar-refractivity contribution is 6.06. The van der Waals surface area contributed by atoms with Crippen molar-refractivity contribution in [3.05, 3.63) is 59.7 Å². The molecule has 2 N–H and O–H groups in total. The van der Waals surface area contributed by atoms with Gasteiger partial charge in [0, 0.05) is 23.9 Å². The lowest BCUT2D eigenvalue weighted by Crippen LogP contribution is -2.30. The molecule has 0 fully saturated rings. The lowest BCUT2D eigenvalue weighted by molar-refractivity contribution is 0.0941. The second-order valence-corrected chi connectivity index (χ2v) is 6.20. The molecule has 0 unspecified atom stereocenters. The van der Waals surface area contributed by atoms with Crippen LogP contribution in [0.1, 0.15) is 41.5 Å². The summed E-state index contributed by atoms with van der Waals surface area (Å²) in [4.78, 5) is 24.8. The molecule has 144 valence electrons. The minimum Gasteiger partial charge on any atom is -0.490 e. The first kappa shape index (κ1) is 20.5. The zero-order valence-corrected chi connectivity index (χ0v) is 16.0. The monoisotopic (exact) mass is 370 g/mol. The van der Waals surface area contributed by atoms with Crippen molar-refractivity contribution in [3.8, 4) is 5.75 Å². The van der Waals surface area contributed by atoms with E-state index in [1.165, 1.54) is 0 Å². The molecule has 2 aromatic carbocycles. The van der Waals surface area contributed by atoms with Crippen LogP contribution in [0.5, 0.6) is 5.75 Å². The molecule has 0 spiro atoms. The Bertz CT molecular complexity index is 774. The van der Waals surface area contributed by atoms with E-state index in [4.69, 9.17) is 9.47 Å². The smallest absolute Gasteiger partial charge is 0.259 e. The summed E-state index contributed by atoms with van der Waals surface area (Å²) in [5, 5.41) is 5.65. The highest BCUT2D eigenvalue weighted by atomic mass is 16.5. The van der Waals surface area contributed by atoms with E-state index in [0.29, 0.717) is 42.4 Å². The minimum absolute atomic E-state index is 0.0384. The molecule has 2 rings (SSSR count). The fourth-order valence-electron chi connectivity index (χ4n) is 2.42. The fourth-order valence-corrected chi connectivity index (χ4v) is 2.42. The van der Waals surface area contributed by atoms with Gasteiger partial charge < -0.3 is 20.1 Å². The van der Waals surface area contributed by atoms with E-state index >= 15 is 0 Å². The normalized spacial score (nSPS) is 10.5. The first-order valence-electron chi connectivity index (χ1n) is 9.03. The first-order valence-corrected chi connectivity index (χ1v) is 9.03. The second kappa shape index (κ2) is 10.3. The first-order chi connectivity index (χ1) is 13.0. The largest absolute Gasteiger partial charge is 0.490 e. The van der Waals surface area contributed by atoms with Crippen LogP contribution in [0.3, 0.4) is 0 Å². The average molecular weight is 370 g/mol. The van der Waals surface area contributed by atoms with Crippen molar-refractivity contribution in [1.82, 2.24) is 5.32 Å². The van der Waals surface area contributed by atoms with Gasteiger partial charge in [0.2, 0.25) is 0 Å².